The van der Waals surface area contributed by atoms with E-state index < -0.39 is 18.1 Å². The lowest BCUT2D eigenvalue weighted by Gasteiger charge is -2.32. The van der Waals surface area contributed by atoms with Crippen LogP contribution in [-0.4, -0.2) is 46.3 Å². The molecule has 0 radical (unpaired) electrons. The predicted octanol–water partition coefficient (Wildman–Crippen LogP) is 3.96. The molecule has 3 aromatic rings. The van der Waals surface area contributed by atoms with Gasteiger partial charge in [-0.15, -0.1) is 0 Å². The van der Waals surface area contributed by atoms with Crippen LogP contribution in [0.3, 0.4) is 0 Å². The number of nitrogen functional groups attached to an aromatic ring is 1. The van der Waals surface area contributed by atoms with Crippen LogP contribution in [0.4, 0.5) is 5.82 Å². The largest absolute Gasteiger partial charge is 0.383 e. The van der Waals surface area contributed by atoms with Gasteiger partial charge in [0.25, 0.3) is 0 Å². The molecule has 2 amide bonds. The lowest BCUT2D eigenvalue weighted by molar-refractivity contribution is -0.140. The Morgan fingerprint density at radius 1 is 1.03 bits per heavy atom. The van der Waals surface area contributed by atoms with Gasteiger partial charge in [-0.2, -0.15) is 0 Å². The number of hydrogen-bond acceptors (Lipinski definition) is 5. The van der Waals surface area contributed by atoms with E-state index in [1.54, 1.807) is 11.1 Å². The van der Waals surface area contributed by atoms with Crippen molar-refractivity contribution in [2.45, 2.75) is 76.0 Å². The van der Waals surface area contributed by atoms with Crippen LogP contribution in [-0.2, 0) is 22.6 Å². The fraction of sp³-hybridized carbons (Fsp3) is 0.433. The third-order valence-corrected chi connectivity index (χ3v) is 7.58. The highest BCUT2D eigenvalue weighted by Crippen LogP contribution is 2.23. The predicted molar refractivity (Wildman–Crippen MR) is 147 cm³/mol. The molecule has 0 spiro atoms. The standard InChI is InChI=1S/C30H37N5O2/c31-28-25-14-13-22(18-23(25)15-16-32-28)20-33-29(36)27-12-7-17-35(27)30(37)26(19-21-8-3-1-4-9-21)34-24-10-5-2-6-11-24/h1,3-4,8-9,13-16,18,24,26-27,34H,2,5-7,10-12,17,19-20H2,(H2,31,32)(H,33,36)/t26-,27-/m0/s1/i24D. The van der Waals surface area contributed by atoms with E-state index in [1.807, 2.05) is 54.6 Å². The number of carbonyl (C=O) groups is 2. The first kappa shape index (κ1) is 23.9. The van der Waals surface area contributed by atoms with Crippen LogP contribution in [0.15, 0.2) is 60.8 Å². The van der Waals surface area contributed by atoms with E-state index in [9.17, 15) is 9.59 Å². The van der Waals surface area contributed by atoms with Gasteiger partial charge in [-0.05, 0) is 60.7 Å². The van der Waals surface area contributed by atoms with Gasteiger partial charge in [-0.3, -0.25) is 9.59 Å². The van der Waals surface area contributed by atoms with Gasteiger partial charge in [0.05, 0.1) is 6.04 Å². The van der Waals surface area contributed by atoms with Gasteiger partial charge in [0.1, 0.15) is 11.9 Å². The van der Waals surface area contributed by atoms with Gasteiger partial charge < -0.3 is 21.3 Å². The van der Waals surface area contributed by atoms with E-state index in [0.29, 0.717) is 31.7 Å². The highest BCUT2D eigenvalue weighted by molar-refractivity contribution is 5.92. The van der Waals surface area contributed by atoms with Gasteiger partial charge in [0.2, 0.25) is 11.8 Å². The zero-order chi connectivity index (χ0) is 26.5. The number of likely N-dealkylation sites (tertiary alicyclic amines) is 1. The number of nitrogens with one attached hydrogen (secondary N) is 2. The Kier molecular flexibility index (Phi) is 7.58. The first-order chi connectivity index (χ1) is 18.4. The van der Waals surface area contributed by atoms with Crippen molar-refractivity contribution in [2.75, 3.05) is 12.3 Å². The molecule has 1 aliphatic heterocycles. The summed E-state index contributed by atoms with van der Waals surface area (Å²) in [6, 6.07) is 15.8. The molecular weight excluding hydrogens is 462 g/mol. The fourth-order valence-corrected chi connectivity index (χ4v) is 5.59. The molecule has 2 heterocycles. The van der Waals surface area contributed by atoms with E-state index in [2.05, 4.69) is 15.6 Å². The number of fused-ring (bicyclic) bond motifs is 1. The molecule has 194 valence electrons. The maximum atomic E-state index is 13.9. The van der Waals surface area contributed by atoms with Crippen LogP contribution in [0.2, 0.25) is 0 Å². The second kappa shape index (κ2) is 11.7. The topological polar surface area (TPSA) is 100 Å². The van der Waals surface area contributed by atoms with E-state index in [0.717, 1.165) is 60.4 Å². The van der Waals surface area contributed by atoms with Gasteiger partial charge in [-0.1, -0.05) is 61.7 Å². The van der Waals surface area contributed by atoms with Crippen LogP contribution >= 0.6 is 0 Å². The van der Waals surface area contributed by atoms with Gasteiger partial charge in [-0.25, -0.2) is 4.98 Å². The average molecular weight is 501 g/mol. The molecule has 7 nitrogen and oxygen atoms in total. The SMILES string of the molecule is [2H]C1(N[C@@H](Cc2ccccc2)C(=O)N2CCC[C@H]2C(=O)NCc2ccc3c(N)nccc3c2)CCCCC1. The number of amides is 2. The fourth-order valence-electron chi connectivity index (χ4n) is 5.59. The van der Waals surface area contributed by atoms with Crippen molar-refractivity contribution in [3.05, 3.63) is 71.9 Å². The molecule has 5 rings (SSSR count). The summed E-state index contributed by atoms with van der Waals surface area (Å²) < 4.78 is 8.97. The molecule has 37 heavy (non-hydrogen) atoms. The number of carbonyl (C=O) groups excluding carboxylic acids is 2. The van der Waals surface area contributed by atoms with E-state index in [-0.39, 0.29) is 11.8 Å². The minimum absolute atomic E-state index is 0.0858. The number of anilines is 1. The zero-order valence-electron chi connectivity index (χ0n) is 22.3. The molecule has 1 aromatic heterocycles. The maximum Gasteiger partial charge on any atom is 0.243 e. The van der Waals surface area contributed by atoms with Crippen molar-refractivity contribution in [3.63, 3.8) is 0 Å². The number of nitrogens with zero attached hydrogens (tertiary/aromatic N) is 2. The molecule has 4 N–H and O–H groups in total. The Labute approximate surface area is 220 Å². The van der Waals surface area contributed by atoms with Gasteiger partial charge in [0, 0.05) is 32.1 Å². The van der Waals surface area contributed by atoms with Crippen LogP contribution in [0, 0.1) is 0 Å². The zero-order valence-corrected chi connectivity index (χ0v) is 21.3. The highest BCUT2D eigenvalue weighted by atomic mass is 16.2. The molecule has 2 aliphatic rings. The second-order valence-electron chi connectivity index (χ2n) is 10.2. The summed E-state index contributed by atoms with van der Waals surface area (Å²) in [5.41, 5.74) is 7.97. The molecular formula is C30H37N5O2. The van der Waals surface area contributed by atoms with Crippen LogP contribution in [0.1, 0.15) is 57.4 Å². The lowest BCUT2D eigenvalue weighted by Crippen LogP contribution is -2.55. The third kappa shape index (κ3) is 6.10. The first-order valence-corrected chi connectivity index (χ1v) is 13.4. The minimum Gasteiger partial charge on any atom is -0.383 e. The summed E-state index contributed by atoms with van der Waals surface area (Å²) in [6.45, 7) is 0.925. The smallest absolute Gasteiger partial charge is 0.243 e. The molecule has 7 heteroatoms. The van der Waals surface area contributed by atoms with Crippen molar-refractivity contribution in [3.8, 4) is 0 Å². The Morgan fingerprint density at radius 3 is 2.65 bits per heavy atom. The van der Waals surface area contributed by atoms with Gasteiger partial charge in [0.15, 0.2) is 0 Å². The van der Waals surface area contributed by atoms with Crippen molar-refractivity contribution in [1.29, 1.82) is 0 Å². The summed E-state index contributed by atoms with van der Waals surface area (Å²) in [4.78, 5) is 33.1. The number of aromatic nitrogens is 1. The molecule has 0 unspecified atom stereocenters. The van der Waals surface area contributed by atoms with Crippen molar-refractivity contribution >= 4 is 28.4 Å². The summed E-state index contributed by atoms with van der Waals surface area (Å²) in [7, 11) is 0. The summed E-state index contributed by atoms with van der Waals surface area (Å²) >= 11 is 0. The Morgan fingerprint density at radius 2 is 1.84 bits per heavy atom. The molecule has 1 saturated carbocycles. The highest BCUT2D eigenvalue weighted by Gasteiger charge is 2.37. The van der Waals surface area contributed by atoms with E-state index in [1.165, 1.54) is 0 Å². The van der Waals surface area contributed by atoms with E-state index >= 15 is 0 Å². The van der Waals surface area contributed by atoms with E-state index in [4.69, 9.17) is 7.10 Å². The molecule has 2 aromatic carbocycles. The normalized spacial score (nSPS) is 20.4. The van der Waals surface area contributed by atoms with Crippen LogP contribution in [0.25, 0.3) is 10.8 Å². The maximum absolute atomic E-state index is 13.9. The minimum atomic E-state index is -0.806. The lowest BCUT2D eigenvalue weighted by atomic mass is 9.93. The summed E-state index contributed by atoms with van der Waals surface area (Å²) in [5.74, 6) is 0.263. The third-order valence-electron chi connectivity index (χ3n) is 7.58. The molecule has 1 saturated heterocycles. The average Bonchev–Trinajstić information content (AvgIpc) is 3.42. The van der Waals surface area contributed by atoms with Crippen molar-refractivity contribution in [1.82, 2.24) is 20.5 Å². The molecule has 0 bridgehead atoms. The number of rotatable bonds is 8. The quantitative estimate of drug-likeness (QED) is 0.435. The number of benzene rings is 2. The molecule has 2 atom stereocenters. The second-order valence-corrected chi connectivity index (χ2v) is 10.2. The van der Waals surface area contributed by atoms with Gasteiger partial charge >= 0.3 is 0 Å². The number of hydrogen-bond donors (Lipinski definition) is 3. The van der Waals surface area contributed by atoms with Crippen molar-refractivity contribution in [2.24, 2.45) is 0 Å². The Balaban J connectivity index is 1.28. The Bertz CT molecular complexity index is 1280. The molecule has 2 fully saturated rings. The summed E-state index contributed by atoms with van der Waals surface area (Å²) in [5, 5.41) is 8.33. The number of pyridine rings is 1. The van der Waals surface area contributed by atoms with Crippen LogP contribution < -0.4 is 16.4 Å². The Hall–Kier alpha value is -3.45. The summed E-state index contributed by atoms with van der Waals surface area (Å²) in [6.07, 6.45) is 8.21. The van der Waals surface area contributed by atoms with Crippen LogP contribution in [0.5, 0.6) is 0 Å². The first-order valence-electron chi connectivity index (χ1n) is 13.9. The monoisotopic (exact) mass is 500 g/mol. The number of nitrogens with two attached hydrogens (primary N) is 1. The van der Waals surface area contributed by atoms with Crippen molar-refractivity contribution < 1.29 is 11.0 Å². The molecule has 1 aliphatic carbocycles.